The number of methoxy groups -OCH3 is 2. The summed E-state index contributed by atoms with van der Waals surface area (Å²) in [6.45, 7) is 3.49. The molecule has 0 spiro atoms. The van der Waals surface area contributed by atoms with Gasteiger partial charge in [0.1, 0.15) is 5.60 Å². The molecule has 0 aromatic heterocycles. The first-order valence-electron chi connectivity index (χ1n) is 12.6. The third kappa shape index (κ3) is 7.91. The number of primary amides is 1. The van der Waals surface area contributed by atoms with Crippen LogP contribution < -0.4 is 20.1 Å². The Morgan fingerprint density at radius 1 is 0.900 bits per heavy atom. The van der Waals surface area contributed by atoms with E-state index in [1.807, 2.05) is 18.2 Å². The van der Waals surface area contributed by atoms with E-state index in [1.54, 1.807) is 49.1 Å². The summed E-state index contributed by atoms with van der Waals surface area (Å²) in [5.74, 6) is -0.166. The smallest absolute Gasteiger partial charge is 0.416 e. The standard InChI is InChI=1S/C30H33F3N2O5/c1-29(2,40-28(34)37)19-24(21-8-6-5-7-9-21)27(36)35(23-14-15-25(38-3)26(18-23)39-4)17-16-20-10-12-22(13-11-20)30(31,32)33/h5-15,18,24H,16-17,19H2,1-4H3,(H2,34,37). The number of benzene rings is 3. The van der Waals surface area contributed by atoms with Crippen LogP contribution in [0.4, 0.5) is 23.7 Å². The zero-order valence-electron chi connectivity index (χ0n) is 22.8. The van der Waals surface area contributed by atoms with E-state index < -0.39 is 29.4 Å². The SMILES string of the molecule is COc1ccc(N(CCc2ccc(C(F)(F)F)cc2)C(=O)C(CC(C)(C)OC(N)=O)c2ccccc2)cc1OC. The van der Waals surface area contributed by atoms with Crippen molar-refractivity contribution in [2.24, 2.45) is 5.73 Å². The van der Waals surface area contributed by atoms with Crippen LogP contribution in [0.5, 0.6) is 11.5 Å². The van der Waals surface area contributed by atoms with Crippen LogP contribution in [0.2, 0.25) is 0 Å². The summed E-state index contributed by atoms with van der Waals surface area (Å²) in [5.41, 5.74) is 5.29. The van der Waals surface area contributed by atoms with E-state index in [9.17, 15) is 22.8 Å². The summed E-state index contributed by atoms with van der Waals surface area (Å²) in [5, 5.41) is 0. The van der Waals surface area contributed by atoms with Crippen molar-refractivity contribution in [3.8, 4) is 11.5 Å². The van der Waals surface area contributed by atoms with Crippen LogP contribution in [-0.4, -0.2) is 38.4 Å². The first-order valence-corrected chi connectivity index (χ1v) is 12.6. The number of nitrogens with two attached hydrogens (primary N) is 1. The molecule has 0 radical (unpaired) electrons. The number of amides is 2. The van der Waals surface area contributed by atoms with E-state index in [-0.39, 0.29) is 25.3 Å². The molecule has 3 rings (SSSR count). The van der Waals surface area contributed by atoms with Crippen molar-refractivity contribution >= 4 is 17.7 Å². The molecule has 0 bridgehead atoms. The van der Waals surface area contributed by atoms with Crippen molar-refractivity contribution in [1.29, 1.82) is 0 Å². The zero-order valence-corrected chi connectivity index (χ0v) is 22.8. The highest BCUT2D eigenvalue weighted by Crippen LogP contribution is 2.36. The summed E-state index contributed by atoms with van der Waals surface area (Å²) in [6, 6.07) is 18.9. The second-order valence-corrected chi connectivity index (χ2v) is 9.82. The Balaban J connectivity index is 2.02. The average Bonchev–Trinajstić information content (AvgIpc) is 2.91. The molecule has 10 heteroatoms. The van der Waals surface area contributed by atoms with Crippen molar-refractivity contribution in [3.63, 3.8) is 0 Å². The Bertz CT molecular complexity index is 1290. The van der Waals surface area contributed by atoms with Gasteiger partial charge in [0.2, 0.25) is 5.91 Å². The average molecular weight is 559 g/mol. The molecule has 2 amide bonds. The minimum Gasteiger partial charge on any atom is -0.493 e. The molecular formula is C30H33F3N2O5. The number of alkyl halides is 3. The third-order valence-electron chi connectivity index (χ3n) is 6.42. The molecule has 0 heterocycles. The first kappa shape index (κ1) is 30.3. The molecule has 0 aliphatic rings. The molecule has 0 aliphatic carbocycles. The van der Waals surface area contributed by atoms with E-state index in [1.165, 1.54) is 26.4 Å². The van der Waals surface area contributed by atoms with Crippen LogP contribution in [0.3, 0.4) is 0 Å². The largest absolute Gasteiger partial charge is 0.493 e. The number of rotatable bonds is 11. The van der Waals surface area contributed by atoms with Gasteiger partial charge in [-0.15, -0.1) is 0 Å². The van der Waals surface area contributed by atoms with Gasteiger partial charge >= 0.3 is 12.3 Å². The Morgan fingerprint density at radius 3 is 2.08 bits per heavy atom. The van der Waals surface area contributed by atoms with E-state index in [4.69, 9.17) is 19.9 Å². The van der Waals surface area contributed by atoms with Gasteiger partial charge in [-0.05, 0) is 55.7 Å². The highest BCUT2D eigenvalue weighted by Gasteiger charge is 2.35. The van der Waals surface area contributed by atoms with E-state index in [0.29, 0.717) is 28.3 Å². The number of nitrogens with zero attached hydrogens (tertiary/aromatic N) is 1. The maximum atomic E-state index is 14.3. The topological polar surface area (TPSA) is 91.1 Å². The van der Waals surface area contributed by atoms with Crippen molar-refractivity contribution in [2.75, 3.05) is 25.7 Å². The van der Waals surface area contributed by atoms with Gasteiger partial charge in [-0.3, -0.25) is 4.79 Å². The lowest BCUT2D eigenvalue weighted by atomic mass is 9.86. The van der Waals surface area contributed by atoms with Crippen LogP contribution in [-0.2, 0) is 22.1 Å². The first-order chi connectivity index (χ1) is 18.8. The Morgan fingerprint density at radius 2 is 1.52 bits per heavy atom. The van der Waals surface area contributed by atoms with Crippen molar-refractivity contribution in [1.82, 2.24) is 0 Å². The number of carbonyl (C=O) groups is 2. The van der Waals surface area contributed by atoms with Crippen LogP contribution in [0.1, 0.15) is 42.9 Å². The van der Waals surface area contributed by atoms with Crippen molar-refractivity contribution in [3.05, 3.63) is 89.5 Å². The summed E-state index contributed by atoms with van der Waals surface area (Å²) in [7, 11) is 2.98. The number of anilines is 1. The van der Waals surface area contributed by atoms with E-state index >= 15 is 0 Å². The molecule has 0 saturated carbocycles. The van der Waals surface area contributed by atoms with Crippen LogP contribution in [0, 0.1) is 0 Å². The molecule has 3 aromatic rings. The lowest BCUT2D eigenvalue weighted by molar-refractivity contribution is -0.137. The highest BCUT2D eigenvalue weighted by atomic mass is 19.4. The van der Waals surface area contributed by atoms with Gasteiger partial charge in [-0.2, -0.15) is 13.2 Å². The lowest BCUT2D eigenvalue weighted by Gasteiger charge is -2.33. The number of halogens is 3. The van der Waals surface area contributed by atoms with Gasteiger partial charge in [-0.25, -0.2) is 4.79 Å². The highest BCUT2D eigenvalue weighted by molar-refractivity contribution is 5.98. The summed E-state index contributed by atoms with van der Waals surface area (Å²) < 4.78 is 55.2. The molecule has 2 N–H and O–H groups in total. The summed E-state index contributed by atoms with van der Waals surface area (Å²) in [6.07, 6.45) is -4.99. The van der Waals surface area contributed by atoms with Gasteiger partial charge in [0, 0.05) is 24.7 Å². The fourth-order valence-corrected chi connectivity index (χ4v) is 4.49. The lowest BCUT2D eigenvalue weighted by Crippen LogP contribution is -2.41. The molecule has 0 fully saturated rings. The fraction of sp³-hybridized carbons (Fsp3) is 0.333. The molecule has 0 saturated heterocycles. The predicted octanol–water partition coefficient (Wildman–Crippen LogP) is 6.35. The Kier molecular flexibility index (Phi) is 9.68. The summed E-state index contributed by atoms with van der Waals surface area (Å²) >= 11 is 0. The van der Waals surface area contributed by atoms with Crippen LogP contribution in [0.25, 0.3) is 0 Å². The van der Waals surface area contributed by atoms with Gasteiger partial charge in [0.05, 0.1) is 25.7 Å². The maximum Gasteiger partial charge on any atom is 0.416 e. The van der Waals surface area contributed by atoms with Crippen molar-refractivity contribution in [2.45, 2.75) is 44.4 Å². The minimum absolute atomic E-state index is 0.128. The summed E-state index contributed by atoms with van der Waals surface area (Å²) in [4.78, 5) is 27.4. The quantitative estimate of drug-likeness (QED) is 0.296. The van der Waals surface area contributed by atoms with E-state index in [2.05, 4.69) is 0 Å². The van der Waals surface area contributed by atoms with Crippen LogP contribution in [0.15, 0.2) is 72.8 Å². The van der Waals surface area contributed by atoms with Gasteiger partial charge in [0.15, 0.2) is 11.5 Å². The molecule has 214 valence electrons. The maximum absolute atomic E-state index is 14.3. The second kappa shape index (κ2) is 12.8. The normalized spacial score (nSPS) is 12.4. The van der Waals surface area contributed by atoms with Gasteiger partial charge in [0.25, 0.3) is 0 Å². The number of hydrogen-bond acceptors (Lipinski definition) is 5. The minimum atomic E-state index is -4.44. The van der Waals surface area contributed by atoms with Crippen LogP contribution >= 0.6 is 0 Å². The Hall–Kier alpha value is -4.21. The number of ether oxygens (including phenoxy) is 3. The predicted molar refractivity (Wildman–Crippen MR) is 146 cm³/mol. The number of hydrogen-bond donors (Lipinski definition) is 1. The fourth-order valence-electron chi connectivity index (χ4n) is 4.49. The molecular weight excluding hydrogens is 525 g/mol. The molecule has 7 nitrogen and oxygen atoms in total. The zero-order chi connectivity index (χ0) is 29.5. The molecule has 1 atom stereocenters. The monoisotopic (exact) mass is 558 g/mol. The van der Waals surface area contributed by atoms with Crippen molar-refractivity contribution < 1.29 is 37.0 Å². The van der Waals surface area contributed by atoms with E-state index in [0.717, 1.165) is 12.1 Å². The molecule has 40 heavy (non-hydrogen) atoms. The van der Waals surface area contributed by atoms with Gasteiger partial charge in [-0.1, -0.05) is 42.5 Å². The molecule has 1 unspecified atom stereocenters. The second-order valence-electron chi connectivity index (χ2n) is 9.82. The molecule has 0 aliphatic heterocycles. The third-order valence-corrected chi connectivity index (χ3v) is 6.42. The number of carbonyl (C=O) groups excluding carboxylic acids is 2. The Labute approximate surface area is 231 Å². The molecule has 3 aromatic carbocycles. The van der Waals surface area contributed by atoms with Gasteiger partial charge < -0.3 is 24.8 Å².